The Morgan fingerprint density at radius 3 is 2.83 bits per heavy atom. The molecule has 1 aliphatic rings. The first-order valence-electron chi connectivity index (χ1n) is 7.73. The number of rotatable bonds is 3. The molecule has 0 aliphatic carbocycles. The quantitative estimate of drug-likeness (QED) is 0.917. The molecule has 1 N–H and O–H groups in total. The van der Waals surface area contributed by atoms with Gasteiger partial charge >= 0.3 is 0 Å². The van der Waals surface area contributed by atoms with Crippen molar-refractivity contribution in [1.82, 2.24) is 25.0 Å². The van der Waals surface area contributed by atoms with E-state index in [2.05, 4.69) is 15.4 Å². The van der Waals surface area contributed by atoms with Gasteiger partial charge in [-0.15, -0.1) is 0 Å². The lowest BCUT2D eigenvalue weighted by Crippen LogP contribution is -2.39. The van der Waals surface area contributed by atoms with Crippen molar-refractivity contribution in [2.24, 2.45) is 0 Å². The molecule has 3 rings (SSSR count). The Morgan fingerprint density at radius 2 is 2.12 bits per heavy atom. The molecule has 0 saturated heterocycles. The minimum absolute atomic E-state index is 0.0152. The molecule has 2 aromatic rings. The predicted molar refractivity (Wildman–Crippen MR) is 83.8 cm³/mol. The van der Waals surface area contributed by atoms with E-state index in [0.29, 0.717) is 18.8 Å². The summed E-state index contributed by atoms with van der Waals surface area (Å²) in [5, 5.41) is 7.05. The molecule has 0 bridgehead atoms. The second-order valence-electron chi connectivity index (χ2n) is 5.93. The van der Waals surface area contributed by atoms with Crippen LogP contribution < -0.4 is 5.32 Å². The Morgan fingerprint density at radius 1 is 1.33 bits per heavy atom. The molecule has 24 heavy (non-hydrogen) atoms. The zero-order valence-corrected chi connectivity index (χ0v) is 13.5. The molecular weight excluding hydrogens is 313 g/mol. The number of pyridine rings is 1. The smallest absolute Gasteiger partial charge is 0.275 e. The number of halogens is 1. The van der Waals surface area contributed by atoms with Gasteiger partial charge in [0.1, 0.15) is 0 Å². The van der Waals surface area contributed by atoms with E-state index in [4.69, 9.17) is 0 Å². The molecule has 7 nitrogen and oxygen atoms in total. The average Bonchev–Trinajstić information content (AvgIpc) is 2.97. The number of nitrogens with zero attached hydrogens (tertiary/aromatic N) is 4. The number of carbonyl (C=O) groups excluding carboxylic acids is 2. The fraction of sp³-hybridized carbons (Fsp3) is 0.375. The summed E-state index contributed by atoms with van der Waals surface area (Å²) in [7, 11) is 0. The lowest BCUT2D eigenvalue weighted by atomic mass is 10.2. The third kappa shape index (κ3) is 3.12. The van der Waals surface area contributed by atoms with Gasteiger partial charge in [0, 0.05) is 18.8 Å². The van der Waals surface area contributed by atoms with Crippen LogP contribution in [0.2, 0.25) is 0 Å². The Hall–Kier alpha value is -2.77. The van der Waals surface area contributed by atoms with E-state index in [-0.39, 0.29) is 24.2 Å². The van der Waals surface area contributed by atoms with Gasteiger partial charge in [0.25, 0.3) is 11.8 Å². The van der Waals surface area contributed by atoms with Crippen molar-refractivity contribution >= 4 is 11.8 Å². The summed E-state index contributed by atoms with van der Waals surface area (Å²) in [5.41, 5.74) is 0.861. The van der Waals surface area contributed by atoms with Crippen molar-refractivity contribution < 1.29 is 14.0 Å². The van der Waals surface area contributed by atoms with E-state index < -0.39 is 11.7 Å². The highest BCUT2D eigenvalue weighted by Crippen LogP contribution is 2.17. The molecule has 2 aromatic heterocycles. The summed E-state index contributed by atoms with van der Waals surface area (Å²) >= 11 is 0. The van der Waals surface area contributed by atoms with Gasteiger partial charge < -0.3 is 10.2 Å². The maximum atomic E-state index is 13.7. The van der Waals surface area contributed by atoms with Crippen molar-refractivity contribution in [3.63, 3.8) is 0 Å². The van der Waals surface area contributed by atoms with Crippen LogP contribution in [-0.4, -0.2) is 44.1 Å². The minimum Gasteiger partial charge on any atom is -0.348 e. The molecule has 0 atom stereocenters. The van der Waals surface area contributed by atoms with Crippen LogP contribution in [0.3, 0.4) is 0 Å². The first kappa shape index (κ1) is 16.1. The zero-order valence-electron chi connectivity index (χ0n) is 13.5. The summed E-state index contributed by atoms with van der Waals surface area (Å²) in [6.07, 6.45) is 1.39. The number of nitrogens with one attached hydrogen (secondary N) is 1. The molecule has 0 unspecified atom stereocenters. The maximum Gasteiger partial charge on any atom is 0.275 e. The highest BCUT2D eigenvalue weighted by atomic mass is 19.1. The SMILES string of the molecule is CC(C)NC(=O)c1cc2n(n1)CCN(C(=O)c1ncccc1F)C2. The second-order valence-corrected chi connectivity index (χ2v) is 5.93. The van der Waals surface area contributed by atoms with Crippen LogP contribution >= 0.6 is 0 Å². The first-order chi connectivity index (χ1) is 11.5. The van der Waals surface area contributed by atoms with Gasteiger partial charge in [-0.3, -0.25) is 14.3 Å². The van der Waals surface area contributed by atoms with Crippen LogP contribution in [0.25, 0.3) is 0 Å². The second kappa shape index (κ2) is 6.38. The number of hydrogen-bond acceptors (Lipinski definition) is 4. The fourth-order valence-corrected chi connectivity index (χ4v) is 2.58. The minimum atomic E-state index is -0.640. The van der Waals surface area contributed by atoms with Crippen molar-refractivity contribution in [3.8, 4) is 0 Å². The largest absolute Gasteiger partial charge is 0.348 e. The van der Waals surface area contributed by atoms with Crippen LogP contribution in [0, 0.1) is 5.82 Å². The van der Waals surface area contributed by atoms with Gasteiger partial charge in [0.15, 0.2) is 17.2 Å². The average molecular weight is 331 g/mol. The standard InChI is InChI=1S/C16H18FN5O2/c1-10(2)19-15(23)13-8-11-9-21(6-7-22(11)20-13)16(24)14-12(17)4-3-5-18-14/h3-5,8,10H,6-7,9H2,1-2H3,(H,19,23). The molecule has 0 saturated carbocycles. The van der Waals surface area contributed by atoms with Crippen LogP contribution in [0.4, 0.5) is 4.39 Å². The highest BCUT2D eigenvalue weighted by molar-refractivity contribution is 5.93. The van der Waals surface area contributed by atoms with E-state index in [1.165, 1.54) is 23.2 Å². The molecule has 2 amide bonds. The van der Waals surface area contributed by atoms with Crippen molar-refractivity contribution in [3.05, 3.63) is 47.3 Å². The molecule has 0 fully saturated rings. The Balaban J connectivity index is 1.77. The van der Waals surface area contributed by atoms with Crippen LogP contribution in [0.1, 0.15) is 40.5 Å². The van der Waals surface area contributed by atoms with E-state index in [0.717, 1.165) is 5.69 Å². The summed E-state index contributed by atoms with van der Waals surface area (Å²) in [6, 6.07) is 4.33. The number of aromatic nitrogens is 3. The topological polar surface area (TPSA) is 80.1 Å². The number of carbonyl (C=O) groups is 2. The summed E-state index contributed by atoms with van der Waals surface area (Å²) in [5.74, 6) is -1.35. The molecule has 0 spiro atoms. The van der Waals surface area contributed by atoms with Gasteiger partial charge in [-0.05, 0) is 32.0 Å². The molecule has 126 valence electrons. The Kier molecular flexibility index (Phi) is 4.28. The molecule has 0 aromatic carbocycles. The van der Waals surface area contributed by atoms with Gasteiger partial charge in [-0.2, -0.15) is 5.10 Å². The van der Waals surface area contributed by atoms with E-state index >= 15 is 0 Å². The lowest BCUT2D eigenvalue weighted by Gasteiger charge is -2.27. The molecule has 8 heteroatoms. The molecule has 3 heterocycles. The molecule has 1 aliphatic heterocycles. The van der Waals surface area contributed by atoms with Crippen LogP contribution in [0.5, 0.6) is 0 Å². The van der Waals surface area contributed by atoms with Crippen molar-refractivity contribution in [2.75, 3.05) is 6.54 Å². The van der Waals surface area contributed by atoms with Crippen molar-refractivity contribution in [1.29, 1.82) is 0 Å². The third-order valence-electron chi connectivity index (χ3n) is 3.70. The third-order valence-corrected chi connectivity index (χ3v) is 3.70. The van der Waals surface area contributed by atoms with E-state index in [1.54, 1.807) is 10.7 Å². The van der Waals surface area contributed by atoms with Crippen LogP contribution in [0.15, 0.2) is 24.4 Å². The van der Waals surface area contributed by atoms with Crippen LogP contribution in [-0.2, 0) is 13.1 Å². The van der Waals surface area contributed by atoms with E-state index in [9.17, 15) is 14.0 Å². The number of hydrogen-bond donors (Lipinski definition) is 1. The van der Waals surface area contributed by atoms with Gasteiger partial charge in [0.05, 0.1) is 18.8 Å². The summed E-state index contributed by atoms with van der Waals surface area (Å²) in [4.78, 5) is 29.8. The fourth-order valence-electron chi connectivity index (χ4n) is 2.58. The molecular formula is C16H18FN5O2. The number of fused-ring (bicyclic) bond motifs is 1. The van der Waals surface area contributed by atoms with E-state index in [1.807, 2.05) is 13.8 Å². The highest BCUT2D eigenvalue weighted by Gasteiger charge is 2.26. The predicted octanol–water partition coefficient (Wildman–Crippen LogP) is 1.21. The Labute approximate surface area is 138 Å². The molecule has 0 radical (unpaired) electrons. The summed E-state index contributed by atoms with van der Waals surface area (Å²) < 4.78 is 15.4. The maximum absolute atomic E-state index is 13.7. The monoisotopic (exact) mass is 331 g/mol. The zero-order chi connectivity index (χ0) is 17.3. The van der Waals surface area contributed by atoms with Gasteiger partial charge in [-0.1, -0.05) is 0 Å². The summed E-state index contributed by atoms with van der Waals surface area (Å²) in [6.45, 7) is 4.83. The van der Waals surface area contributed by atoms with Gasteiger partial charge in [-0.25, -0.2) is 9.37 Å². The normalized spacial score (nSPS) is 13.8. The lowest BCUT2D eigenvalue weighted by molar-refractivity contribution is 0.0694. The number of amides is 2. The van der Waals surface area contributed by atoms with Gasteiger partial charge in [0.2, 0.25) is 0 Å². The first-order valence-corrected chi connectivity index (χ1v) is 7.73. The Bertz CT molecular complexity index is 787. The van der Waals surface area contributed by atoms with Crippen molar-refractivity contribution in [2.45, 2.75) is 33.0 Å².